The zero-order valence-corrected chi connectivity index (χ0v) is 25.8. The van der Waals surface area contributed by atoms with E-state index in [-0.39, 0.29) is 22.2 Å². The zero-order chi connectivity index (χ0) is 26.8. The van der Waals surface area contributed by atoms with Crippen LogP contribution in [0.5, 0.6) is 0 Å². The van der Waals surface area contributed by atoms with Gasteiger partial charge < -0.3 is 20.4 Å². The first-order chi connectivity index (χ1) is 16.6. The van der Waals surface area contributed by atoms with Crippen molar-refractivity contribution >= 4 is 0 Å². The molecule has 3 saturated heterocycles. The van der Waals surface area contributed by atoms with Crippen LogP contribution in [0.4, 0.5) is 0 Å². The minimum Gasteiger partial charge on any atom is -0.314 e. The monoisotopic (exact) mass is 507 g/mol. The van der Waals surface area contributed by atoms with Gasteiger partial charge in [-0.05, 0) is 134 Å². The van der Waals surface area contributed by atoms with Crippen LogP contribution in [0, 0.1) is 0 Å². The maximum Gasteiger partial charge on any atom is 0.0170 e. The number of hydrogen-bond donors (Lipinski definition) is 2. The van der Waals surface area contributed by atoms with Crippen molar-refractivity contribution in [3.8, 4) is 0 Å². The average Bonchev–Trinajstić information content (AvgIpc) is 2.76. The van der Waals surface area contributed by atoms with Gasteiger partial charge in [0.25, 0.3) is 0 Å². The molecule has 6 heteroatoms. The molecule has 3 fully saturated rings. The predicted octanol–water partition coefficient (Wildman–Crippen LogP) is 3.87. The Morgan fingerprint density at radius 2 is 0.806 bits per heavy atom. The van der Waals surface area contributed by atoms with Crippen molar-refractivity contribution in [2.45, 2.75) is 128 Å². The molecule has 36 heavy (non-hydrogen) atoms. The van der Waals surface area contributed by atoms with E-state index in [4.69, 9.17) is 0 Å². The van der Waals surface area contributed by atoms with Gasteiger partial charge in [-0.25, -0.2) is 0 Å². The molecule has 0 amide bonds. The lowest BCUT2D eigenvalue weighted by Crippen LogP contribution is -2.62. The molecule has 3 rings (SSSR count). The second-order valence-corrected chi connectivity index (χ2v) is 14.9. The van der Waals surface area contributed by atoms with Crippen LogP contribution >= 0.6 is 0 Å². The van der Waals surface area contributed by atoms with Crippen LogP contribution < -0.4 is 10.6 Å². The molecular formula is C30H62N6. The highest BCUT2D eigenvalue weighted by atomic mass is 15.3. The molecule has 0 bridgehead atoms. The van der Waals surface area contributed by atoms with Crippen LogP contribution in [0.2, 0.25) is 0 Å². The SMILES string of the molecule is CN1C(C)(C)CC(NCCCN2CCN(CCCNC3CC(C)(C)N(C)C(C)(C)C3)CC2)CC1(C)C. The molecule has 0 atom stereocenters. The van der Waals surface area contributed by atoms with E-state index in [1.54, 1.807) is 0 Å². The Hall–Kier alpha value is -0.240. The molecule has 0 spiro atoms. The van der Waals surface area contributed by atoms with Crippen molar-refractivity contribution in [1.82, 2.24) is 30.2 Å². The van der Waals surface area contributed by atoms with Gasteiger partial charge in [0.1, 0.15) is 0 Å². The Balaban J connectivity index is 1.25. The highest BCUT2D eigenvalue weighted by molar-refractivity contribution is 5.01. The number of hydrogen-bond acceptors (Lipinski definition) is 6. The van der Waals surface area contributed by atoms with Crippen molar-refractivity contribution in [2.75, 3.05) is 66.5 Å². The van der Waals surface area contributed by atoms with Crippen molar-refractivity contribution in [2.24, 2.45) is 0 Å². The molecule has 0 aromatic carbocycles. The molecule has 212 valence electrons. The summed E-state index contributed by atoms with van der Waals surface area (Å²) in [5.74, 6) is 0. The lowest BCUT2D eigenvalue weighted by molar-refractivity contribution is -0.0185. The highest BCUT2D eigenvalue weighted by Crippen LogP contribution is 2.37. The molecule has 6 nitrogen and oxygen atoms in total. The minimum atomic E-state index is 0.269. The van der Waals surface area contributed by atoms with Gasteiger partial charge in [-0.15, -0.1) is 0 Å². The fourth-order valence-electron chi connectivity index (χ4n) is 7.49. The van der Waals surface area contributed by atoms with Crippen molar-refractivity contribution in [3.63, 3.8) is 0 Å². The molecular weight excluding hydrogens is 444 g/mol. The topological polar surface area (TPSA) is 37.0 Å². The summed E-state index contributed by atoms with van der Waals surface area (Å²) in [5.41, 5.74) is 1.08. The fourth-order valence-corrected chi connectivity index (χ4v) is 7.49. The number of likely N-dealkylation sites (tertiary alicyclic amines) is 2. The van der Waals surface area contributed by atoms with Gasteiger partial charge in [-0.2, -0.15) is 0 Å². The van der Waals surface area contributed by atoms with E-state index >= 15 is 0 Å². The minimum absolute atomic E-state index is 0.269. The van der Waals surface area contributed by atoms with Crippen LogP contribution in [-0.4, -0.2) is 120 Å². The highest BCUT2D eigenvalue weighted by Gasteiger charge is 2.43. The lowest BCUT2D eigenvalue weighted by Gasteiger charge is -2.54. The number of nitrogens with zero attached hydrogens (tertiary/aromatic N) is 4. The average molecular weight is 507 g/mol. The fraction of sp³-hybridized carbons (Fsp3) is 1.00. The van der Waals surface area contributed by atoms with E-state index in [0.29, 0.717) is 12.1 Å². The summed E-state index contributed by atoms with van der Waals surface area (Å²) < 4.78 is 0. The molecule has 0 saturated carbocycles. The molecule has 0 aromatic rings. The second-order valence-electron chi connectivity index (χ2n) is 14.9. The zero-order valence-electron chi connectivity index (χ0n) is 25.8. The Labute approximate surface area is 224 Å². The summed E-state index contributed by atoms with van der Waals surface area (Å²) in [5, 5.41) is 7.80. The third-order valence-corrected chi connectivity index (χ3v) is 10.2. The van der Waals surface area contributed by atoms with Gasteiger partial charge in [0, 0.05) is 60.4 Å². The van der Waals surface area contributed by atoms with Crippen LogP contribution in [-0.2, 0) is 0 Å². The molecule has 0 aliphatic carbocycles. The summed E-state index contributed by atoms with van der Waals surface area (Å²) in [6.45, 7) is 28.9. The molecule has 0 unspecified atom stereocenters. The van der Waals surface area contributed by atoms with Crippen LogP contribution in [0.1, 0.15) is 93.9 Å². The van der Waals surface area contributed by atoms with Crippen LogP contribution in [0.15, 0.2) is 0 Å². The molecule has 3 aliphatic rings. The second kappa shape index (κ2) is 11.9. The predicted molar refractivity (Wildman–Crippen MR) is 156 cm³/mol. The normalized spacial score (nSPS) is 28.5. The quantitative estimate of drug-likeness (QED) is 0.438. The Morgan fingerprint density at radius 3 is 1.08 bits per heavy atom. The molecule has 3 aliphatic heterocycles. The molecule has 3 heterocycles. The van der Waals surface area contributed by atoms with Gasteiger partial charge in [-0.1, -0.05) is 0 Å². The number of piperidine rings is 2. The Kier molecular flexibility index (Phi) is 10.00. The van der Waals surface area contributed by atoms with Crippen molar-refractivity contribution < 1.29 is 0 Å². The van der Waals surface area contributed by atoms with Crippen LogP contribution in [0.25, 0.3) is 0 Å². The van der Waals surface area contributed by atoms with Crippen molar-refractivity contribution in [1.29, 1.82) is 0 Å². The first-order valence-electron chi connectivity index (χ1n) is 15.0. The molecule has 0 aromatic heterocycles. The summed E-state index contributed by atoms with van der Waals surface area (Å²) >= 11 is 0. The third-order valence-electron chi connectivity index (χ3n) is 10.2. The van der Waals surface area contributed by atoms with E-state index in [9.17, 15) is 0 Å². The number of rotatable bonds is 10. The van der Waals surface area contributed by atoms with Gasteiger partial charge in [0.15, 0.2) is 0 Å². The van der Waals surface area contributed by atoms with Gasteiger partial charge in [0.2, 0.25) is 0 Å². The lowest BCUT2D eigenvalue weighted by atomic mass is 9.77. The van der Waals surface area contributed by atoms with E-state index in [0.717, 1.165) is 13.1 Å². The summed E-state index contributed by atoms with van der Waals surface area (Å²) in [6, 6.07) is 1.28. The standard InChI is InChI=1S/C30H62N6/c1-27(2)21-25(22-28(3,4)33(27)9)31-13-11-15-35-17-19-36(20-18-35)16-12-14-32-26-23-29(5,6)34(10)30(7,8)24-26/h25-26,31-32H,11-24H2,1-10H3. The smallest absolute Gasteiger partial charge is 0.0170 e. The Bertz CT molecular complexity index is 585. The summed E-state index contributed by atoms with van der Waals surface area (Å²) in [6.07, 6.45) is 7.50. The largest absolute Gasteiger partial charge is 0.314 e. The number of nitrogens with one attached hydrogen (secondary N) is 2. The molecule has 0 radical (unpaired) electrons. The van der Waals surface area contributed by atoms with Gasteiger partial charge >= 0.3 is 0 Å². The number of piperazine rings is 1. The molecule has 2 N–H and O–H groups in total. The van der Waals surface area contributed by atoms with E-state index in [2.05, 4.69) is 99.7 Å². The van der Waals surface area contributed by atoms with Crippen LogP contribution in [0.3, 0.4) is 0 Å². The van der Waals surface area contributed by atoms with E-state index in [1.165, 1.54) is 77.8 Å². The first kappa shape index (κ1) is 30.3. The maximum absolute atomic E-state index is 3.90. The van der Waals surface area contributed by atoms with Gasteiger partial charge in [0.05, 0.1) is 0 Å². The summed E-state index contributed by atoms with van der Waals surface area (Å²) in [7, 11) is 4.59. The maximum atomic E-state index is 3.90. The summed E-state index contributed by atoms with van der Waals surface area (Å²) in [4.78, 5) is 10.5. The first-order valence-corrected chi connectivity index (χ1v) is 15.0. The van der Waals surface area contributed by atoms with Crippen molar-refractivity contribution in [3.05, 3.63) is 0 Å². The Morgan fingerprint density at radius 1 is 0.528 bits per heavy atom. The van der Waals surface area contributed by atoms with E-state index in [1.807, 2.05) is 0 Å². The van der Waals surface area contributed by atoms with Gasteiger partial charge in [-0.3, -0.25) is 9.80 Å². The van der Waals surface area contributed by atoms with E-state index < -0.39 is 0 Å². The third kappa shape index (κ3) is 7.89.